The van der Waals surface area contributed by atoms with Crippen molar-refractivity contribution in [1.29, 1.82) is 0 Å². The van der Waals surface area contributed by atoms with Crippen LogP contribution >= 0.6 is 11.6 Å². The zero-order valence-electron chi connectivity index (χ0n) is 15.5. The van der Waals surface area contributed by atoms with E-state index in [2.05, 4.69) is 20.8 Å². The van der Waals surface area contributed by atoms with Gasteiger partial charge in [0.2, 0.25) is 0 Å². The molecule has 1 saturated carbocycles. The molecule has 0 aliphatic heterocycles. The van der Waals surface area contributed by atoms with Crippen molar-refractivity contribution in [3.05, 3.63) is 46.5 Å². The molecular formula is C19H27ClN6. The molecule has 0 radical (unpaired) electrons. The van der Waals surface area contributed by atoms with Crippen molar-refractivity contribution in [2.75, 3.05) is 0 Å². The first-order valence-electron chi connectivity index (χ1n) is 9.26. The van der Waals surface area contributed by atoms with Crippen molar-refractivity contribution < 1.29 is 0 Å². The van der Waals surface area contributed by atoms with E-state index >= 15 is 0 Å². The number of guanidine groups is 1. The summed E-state index contributed by atoms with van der Waals surface area (Å²) in [6, 6.07) is 8.31. The maximum Gasteiger partial charge on any atom is 0.192 e. The predicted octanol–water partition coefficient (Wildman–Crippen LogP) is 3.35. The van der Waals surface area contributed by atoms with E-state index in [1.54, 1.807) is 0 Å². The maximum atomic E-state index is 6.08. The molecule has 3 rings (SSSR count). The Morgan fingerprint density at radius 2 is 2.08 bits per heavy atom. The molecule has 0 bridgehead atoms. The topological polar surface area (TPSA) is 67.1 Å². The van der Waals surface area contributed by atoms with Crippen LogP contribution in [0.3, 0.4) is 0 Å². The number of aromatic nitrogens is 3. The van der Waals surface area contributed by atoms with E-state index in [-0.39, 0.29) is 0 Å². The molecule has 1 aliphatic rings. The van der Waals surface area contributed by atoms with Crippen LogP contribution in [0, 0.1) is 6.92 Å². The lowest BCUT2D eigenvalue weighted by Crippen LogP contribution is -2.44. The lowest BCUT2D eigenvalue weighted by atomic mass is 9.96. The fourth-order valence-corrected chi connectivity index (χ4v) is 3.38. The van der Waals surface area contributed by atoms with Gasteiger partial charge in [0, 0.05) is 18.1 Å². The molecular weight excluding hydrogens is 348 g/mol. The molecule has 0 amide bonds. The number of halogens is 1. The number of hydrogen-bond acceptors (Lipinski definition) is 3. The second kappa shape index (κ2) is 9.03. The number of benzene rings is 1. The zero-order valence-corrected chi connectivity index (χ0v) is 16.3. The minimum atomic E-state index is 0.482. The van der Waals surface area contributed by atoms with E-state index in [1.165, 1.54) is 32.1 Å². The normalized spacial score (nSPS) is 15.9. The fourth-order valence-electron chi connectivity index (χ4n) is 3.17. The highest BCUT2D eigenvalue weighted by Crippen LogP contribution is 2.17. The smallest absolute Gasteiger partial charge is 0.192 e. The van der Waals surface area contributed by atoms with Crippen LogP contribution in [0.1, 0.15) is 49.3 Å². The van der Waals surface area contributed by atoms with Crippen molar-refractivity contribution >= 4 is 17.6 Å². The average molecular weight is 375 g/mol. The summed E-state index contributed by atoms with van der Waals surface area (Å²) < 4.78 is 1.99. The molecule has 1 fully saturated rings. The first kappa shape index (κ1) is 18.7. The third-order valence-electron chi connectivity index (χ3n) is 4.85. The number of hydrogen-bond donors (Lipinski definition) is 2. The highest BCUT2D eigenvalue weighted by Gasteiger charge is 2.15. The number of nitrogens with one attached hydrogen (secondary N) is 2. The Hall–Kier alpha value is -2.08. The molecule has 0 spiro atoms. The summed E-state index contributed by atoms with van der Waals surface area (Å²) in [7, 11) is 1.98. The summed E-state index contributed by atoms with van der Waals surface area (Å²) in [6.07, 6.45) is 6.28. The lowest BCUT2D eigenvalue weighted by Gasteiger charge is -2.25. The van der Waals surface area contributed by atoms with Gasteiger partial charge >= 0.3 is 0 Å². The van der Waals surface area contributed by atoms with Gasteiger partial charge in [0.1, 0.15) is 5.82 Å². The van der Waals surface area contributed by atoms with Crippen LogP contribution in [0.4, 0.5) is 0 Å². The summed E-state index contributed by atoms with van der Waals surface area (Å²) in [5.74, 6) is 2.61. The van der Waals surface area contributed by atoms with E-state index in [9.17, 15) is 0 Å². The van der Waals surface area contributed by atoms with Crippen molar-refractivity contribution in [3.8, 4) is 0 Å². The Morgan fingerprint density at radius 3 is 2.77 bits per heavy atom. The predicted molar refractivity (Wildman–Crippen MR) is 105 cm³/mol. The molecule has 1 heterocycles. The van der Waals surface area contributed by atoms with Crippen LogP contribution in [-0.2, 0) is 20.1 Å². The van der Waals surface area contributed by atoms with Crippen LogP contribution in [0.2, 0.25) is 5.02 Å². The molecule has 2 aromatic rings. The second-order valence-corrected chi connectivity index (χ2v) is 7.29. The largest absolute Gasteiger partial charge is 0.354 e. The Kier molecular flexibility index (Phi) is 6.50. The van der Waals surface area contributed by atoms with Crippen LogP contribution in [0.5, 0.6) is 0 Å². The van der Waals surface area contributed by atoms with E-state index in [0.717, 1.165) is 28.2 Å². The Morgan fingerprint density at radius 1 is 1.27 bits per heavy atom. The van der Waals surface area contributed by atoms with Gasteiger partial charge in [-0.25, -0.2) is 4.99 Å². The van der Waals surface area contributed by atoms with E-state index < -0.39 is 0 Å². The number of nitrogens with zero attached hydrogens (tertiary/aromatic N) is 4. The molecule has 140 valence electrons. The van der Waals surface area contributed by atoms with Crippen LogP contribution < -0.4 is 10.6 Å². The van der Waals surface area contributed by atoms with E-state index in [4.69, 9.17) is 16.6 Å². The summed E-state index contributed by atoms with van der Waals surface area (Å²) in [6.45, 7) is 3.12. The summed E-state index contributed by atoms with van der Waals surface area (Å²) >= 11 is 6.08. The highest BCUT2D eigenvalue weighted by molar-refractivity contribution is 6.30. The minimum Gasteiger partial charge on any atom is -0.354 e. The lowest BCUT2D eigenvalue weighted by molar-refractivity contribution is 0.409. The van der Waals surface area contributed by atoms with Gasteiger partial charge in [0.15, 0.2) is 11.8 Å². The molecule has 0 saturated heterocycles. The van der Waals surface area contributed by atoms with Crippen molar-refractivity contribution in [1.82, 2.24) is 25.4 Å². The molecule has 1 aliphatic carbocycles. The molecule has 0 unspecified atom stereocenters. The van der Waals surface area contributed by atoms with Gasteiger partial charge < -0.3 is 15.2 Å². The van der Waals surface area contributed by atoms with Gasteiger partial charge in [-0.15, -0.1) is 10.2 Å². The van der Waals surface area contributed by atoms with Crippen LogP contribution in [-0.4, -0.2) is 26.8 Å². The first-order chi connectivity index (χ1) is 12.6. The second-order valence-electron chi connectivity index (χ2n) is 6.85. The SMILES string of the molecule is Cc1nnc(CNC(=NCc2cccc(Cl)c2)NC2CCCCC2)n1C. The summed E-state index contributed by atoms with van der Waals surface area (Å²) in [5.41, 5.74) is 1.09. The van der Waals surface area contributed by atoms with Crippen molar-refractivity contribution in [2.24, 2.45) is 12.0 Å². The molecule has 1 aromatic carbocycles. The van der Waals surface area contributed by atoms with Gasteiger partial charge in [-0.05, 0) is 37.5 Å². The van der Waals surface area contributed by atoms with Crippen LogP contribution in [0.15, 0.2) is 29.3 Å². The van der Waals surface area contributed by atoms with Gasteiger partial charge in [0.05, 0.1) is 13.1 Å². The zero-order chi connectivity index (χ0) is 18.4. The quantitative estimate of drug-likeness (QED) is 0.622. The maximum absolute atomic E-state index is 6.08. The molecule has 6 nitrogen and oxygen atoms in total. The van der Waals surface area contributed by atoms with Gasteiger partial charge in [-0.1, -0.05) is 43.0 Å². The molecule has 0 atom stereocenters. The standard InChI is InChI=1S/C19H27ClN6/c1-14-24-25-18(26(14)2)13-22-19(23-17-9-4-3-5-10-17)21-12-15-7-6-8-16(20)11-15/h6-8,11,17H,3-5,9-10,12-13H2,1-2H3,(H2,21,22,23). The van der Waals surface area contributed by atoms with Crippen LogP contribution in [0.25, 0.3) is 0 Å². The number of rotatable bonds is 5. The number of aliphatic imine (C=N–C) groups is 1. The van der Waals surface area contributed by atoms with Crippen molar-refractivity contribution in [3.63, 3.8) is 0 Å². The summed E-state index contributed by atoms with van der Waals surface area (Å²) in [4.78, 5) is 4.76. The third-order valence-corrected chi connectivity index (χ3v) is 5.09. The van der Waals surface area contributed by atoms with E-state index in [1.807, 2.05) is 42.8 Å². The Balaban J connectivity index is 1.67. The van der Waals surface area contributed by atoms with Gasteiger partial charge in [-0.2, -0.15) is 0 Å². The monoisotopic (exact) mass is 374 g/mol. The Bertz CT molecular complexity index is 748. The molecule has 2 N–H and O–H groups in total. The number of aryl methyl sites for hydroxylation is 1. The van der Waals surface area contributed by atoms with Crippen molar-refractivity contribution in [2.45, 2.75) is 58.2 Å². The average Bonchev–Trinajstić information content (AvgIpc) is 2.97. The third kappa shape index (κ3) is 5.21. The fraction of sp³-hybridized carbons (Fsp3) is 0.526. The van der Waals surface area contributed by atoms with Gasteiger partial charge in [0.25, 0.3) is 0 Å². The van der Waals surface area contributed by atoms with E-state index in [0.29, 0.717) is 19.1 Å². The minimum absolute atomic E-state index is 0.482. The Labute approximate surface area is 160 Å². The first-order valence-corrected chi connectivity index (χ1v) is 9.64. The molecule has 7 heteroatoms. The highest BCUT2D eigenvalue weighted by atomic mass is 35.5. The molecule has 26 heavy (non-hydrogen) atoms. The summed E-state index contributed by atoms with van der Waals surface area (Å²) in [5, 5.41) is 16.1. The molecule has 1 aromatic heterocycles. The van der Waals surface area contributed by atoms with Gasteiger partial charge in [-0.3, -0.25) is 0 Å².